The molecule has 1 heterocycles. The third kappa shape index (κ3) is 3.98. The summed E-state index contributed by atoms with van der Waals surface area (Å²) in [5.41, 5.74) is 0.496. The Morgan fingerprint density at radius 3 is 2.65 bits per heavy atom. The second-order valence-corrected chi connectivity index (χ2v) is 3.77. The van der Waals surface area contributed by atoms with Crippen molar-refractivity contribution in [2.45, 2.75) is 6.36 Å². The average Bonchev–Trinajstić information content (AvgIpc) is 2.38. The fourth-order valence-electron chi connectivity index (χ4n) is 1.47. The lowest BCUT2D eigenvalue weighted by Gasteiger charge is -2.10. The van der Waals surface area contributed by atoms with E-state index < -0.39 is 18.0 Å². The number of anilines is 1. The van der Waals surface area contributed by atoms with Crippen molar-refractivity contribution in [2.75, 3.05) is 5.32 Å². The predicted octanol–water partition coefficient (Wildman–Crippen LogP) is 3.23. The summed E-state index contributed by atoms with van der Waals surface area (Å²) in [5, 5.41) is 2.46. The van der Waals surface area contributed by atoms with Gasteiger partial charge in [-0.05, 0) is 24.3 Å². The van der Waals surface area contributed by atoms with Crippen molar-refractivity contribution in [1.82, 2.24) is 4.98 Å². The van der Waals surface area contributed by atoms with Crippen molar-refractivity contribution in [1.29, 1.82) is 0 Å². The molecule has 1 N–H and O–H groups in total. The second-order valence-electron chi connectivity index (χ2n) is 3.77. The number of benzene rings is 1. The van der Waals surface area contributed by atoms with Crippen molar-refractivity contribution in [3.63, 3.8) is 0 Å². The van der Waals surface area contributed by atoms with Gasteiger partial charge in [-0.3, -0.25) is 9.78 Å². The van der Waals surface area contributed by atoms with Crippen LogP contribution < -0.4 is 10.1 Å². The number of carbonyl (C=O) groups is 1. The minimum absolute atomic E-state index is 0.195. The fraction of sp³-hybridized carbons (Fsp3) is 0.0769. The van der Waals surface area contributed by atoms with E-state index in [1.165, 1.54) is 24.5 Å². The standard InChI is InChI=1S/C13H9F3N2O2/c14-13(15,16)20-11-5-1-4-10(7-11)18-12(19)9-3-2-6-17-8-9/h1-8H,(H,18,19). The molecule has 0 saturated heterocycles. The molecule has 0 spiro atoms. The molecule has 2 rings (SSSR count). The number of carbonyl (C=O) groups excluding carboxylic acids is 1. The number of nitrogens with one attached hydrogen (secondary N) is 1. The predicted molar refractivity (Wildman–Crippen MR) is 65.3 cm³/mol. The average molecular weight is 282 g/mol. The Morgan fingerprint density at radius 1 is 1.20 bits per heavy atom. The molecule has 20 heavy (non-hydrogen) atoms. The third-order valence-electron chi connectivity index (χ3n) is 2.25. The third-order valence-corrected chi connectivity index (χ3v) is 2.25. The van der Waals surface area contributed by atoms with Crippen LogP contribution in [-0.4, -0.2) is 17.3 Å². The van der Waals surface area contributed by atoms with Crippen LogP contribution in [-0.2, 0) is 0 Å². The second kappa shape index (κ2) is 5.60. The number of ether oxygens (including phenoxy) is 1. The highest BCUT2D eigenvalue weighted by atomic mass is 19.4. The number of hydrogen-bond donors (Lipinski definition) is 1. The van der Waals surface area contributed by atoms with Crippen LogP contribution in [0.3, 0.4) is 0 Å². The first kappa shape index (κ1) is 13.9. The lowest BCUT2D eigenvalue weighted by molar-refractivity contribution is -0.274. The highest BCUT2D eigenvalue weighted by Gasteiger charge is 2.31. The van der Waals surface area contributed by atoms with Gasteiger partial charge in [0, 0.05) is 24.1 Å². The van der Waals surface area contributed by atoms with Crippen molar-refractivity contribution < 1.29 is 22.7 Å². The van der Waals surface area contributed by atoms with Crippen LogP contribution in [0.2, 0.25) is 0 Å². The Morgan fingerprint density at radius 2 is 2.00 bits per heavy atom. The molecule has 0 atom stereocenters. The Kier molecular flexibility index (Phi) is 3.88. The van der Waals surface area contributed by atoms with E-state index in [-0.39, 0.29) is 5.69 Å². The summed E-state index contributed by atoms with van der Waals surface area (Å²) in [6.45, 7) is 0. The van der Waals surface area contributed by atoms with Crippen molar-refractivity contribution in [3.8, 4) is 5.75 Å². The van der Waals surface area contributed by atoms with E-state index in [0.717, 1.165) is 12.1 Å². The number of alkyl halides is 3. The normalized spacial score (nSPS) is 10.9. The van der Waals surface area contributed by atoms with Crippen molar-refractivity contribution in [3.05, 3.63) is 54.4 Å². The van der Waals surface area contributed by atoms with Gasteiger partial charge in [0.25, 0.3) is 5.91 Å². The zero-order valence-electron chi connectivity index (χ0n) is 10.0. The van der Waals surface area contributed by atoms with Crippen molar-refractivity contribution >= 4 is 11.6 Å². The maximum atomic E-state index is 12.1. The lowest BCUT2D eigenvalue weighted by atomic mass is 10.2. The number of amides is 1. The highest BCUT2D eigenvalue weighted by molar-refractivity contribution is 6.04. The first-order chi connectivity index (χ1) is 9.44. The van der Waals surface area contributed by atoms with Crippen molar-refractivity contribution in [2.24, 2.45) is 0 Å². The lowest BCUT2D eigenvalue weighted by Crippen LogP contribution is -2.17. The smallest absolute Gasteiger partial charge is 0.406 e. The van der Waals surface area contributed by atoms with E-state index in [4.69, 9.17) is 0 Å². The van der Waals surface area contributed by atoms with Gasteiger partial charge in [-0.15, -0.1) is 13.2 Å². The van der Waals surface area contributed by atoms with E-state index in [1.807, 2.05) is 0 Å². The zero-order valence-corrected chi connectivity index (χ0v) is 10.0. The highest BCUT2D eigenvalue weighted by Crippen LogP contribution is 2.25. The summed E-state index contributed by atoms with van der Waals surface area (Å²) < 4.78 is 40.0. The molecule has 7 heteroatoms. The largest absolute Gasteiger partial charge is 0.573 e. The van der Waals surface area contributed by atoms with Crippen LogP contribution in [0.1, 0.15) is 10.4 Å². The van der Waals surface area contributed by atoms with Gasteiger partial charge in [0.05, 0.1) is 5.56 Å². The van der Waals surface area contributed by atoms with Gasteiger partial charge in [-0.25, -0.2) is 0 Å². The summed E-state index contributed by atoms with van der Waals surface area (Å²) in [4.78, 5) is 15.6. The van der Waals surface area contributed by atoms with E-state index in [1.54, 1.807) is 12.1 Å². The molecule has 0 aliphatic rings. The Bertz CT molecular complexity index is 600. The molecule has 1 aromatic carbocycles. The summed E-state index contributed by atoms with van der Waals surface area (Å²) in [6.07, 6.45) is -1.91. The van der Waals surface area contributed by atoms with Gasteiger partial charge < -0.3 is 10.1 Å². The molecule has 0 aliphatic carbocycles. The van der Waals surface area contributed by atoms with E-state index in [2.05, 4.69) is 15.0 Å². The van der Waals surface area contributed by atoms with Gasteiger partial charge in [0.15, 0.2) is 0 Å². The molecule has 0 aliphatic heterocycles. The molecule has 104 valence electrons. The summed E-state index contributed by atoms with van der Waals surface area (Å²) in [6, 6.07) is 8.16. The maximum Gasteiger partial charge on any atom is 0.573 e. The van der Waals surface area contributed by atoms with E-state index in [0.29, 0.717) is 5.56 Å². The van der Waals surface area contributed by atoms with Crippen LogP contribution in [0.4, 0.5) is 18.9 Å². The number of aromatic nitrogens is 1. The monoisotopic (exact) mass is 282 g/mol. The Balaban J connectivity index is 2.10. The summed E-state index contributed by atoms with van der Waals surface area (Å²) in [7, 11) is 0. The zero-order chi connectivity index (χ0) is 14.6. The minimum atomic E-state index is -4.77. The molecule has 4 nitrogen and oxygen atoms in total. The summed E-state index contributed by atoms with van der Waals surface area (Å²) in [5.74, 6) is -0.872. The van der Waals surface area contributed by atoms with Crippen LogP contribution in [0.25, 0.3) is 0 Å². The molecule has 1 amide bonds. The Hall–Kier alpha value is -2.57. The number of nitrogens with zero attached hydrogens (tertiary/aromatic N) is 1. The van der Waals surface area contributed by atoms with Gasteiger partial charge in [-0.1, -0.05) is 6.07 Å². The van der Waals surface area contributed by atoms with Gasteiger partial charge >= 0.3 is 6.36 Å². The van der Waals surface area contributed by atoms with Crippen LogP contribution in [0.15, 0.2) is 48.8 Å². The molecular formula is C13H9F3N2O2. The maximum absolute atomic E-state index is 12.1. The van der Waals surface area contributed by atoms with Gasteiger partial charge in [-0.2, -0.15) is 0 Å². The molecule has 0 bridgehead atoms. The number of hydrogen-bond acceptors (Lipinski definition) is 3. The van der Waals surface area contributed by atoms with Crippen LogP contribution in [0, 0.1) is 0 Å². The van der Waals surface area contributed by atoms with E-state index in [9.17, 15) is 18.0 Å². The topological polar surface area (TPSA) is 51.2 Å². The number of halogens is 3. The quantitative estimate of drug-likeness (QED) is 0.940. The van der Waals surface area contributed by atoms with Crippen LogP contribution in [0.5, 0.6) is 5.75 Å². The SMILES string of the molecule is O=C(Nc1cccc(OC(F)(F)F)c1)c1cccnc1. The molecule has 0 fully saturated rings. The summed E-state index contributed by atoms with van der Waals surface area (Å²) >= 11 is 0. The Labute approximate surface area is 112 Å². The molecule has 1 aromatic heterocycles. The van der Waals surface area contributed by atoms with Crippen LogP contribution >= 0.6 is 0 Å². The van der Waals surface area contributed by atoms with E-state index >= 15 is 0 Å². The molecule has 0 saturated carbocycles. The van der Waals surface area contributed by atoms with Gasteiger partial charge in [0.1, 0.15) is 5.75 Å². The fourth-order valence-corrected chi connectivity index (χ4v) is 1.47. The number of rotatable bonds is 3. The minimum Gasteiger partial charge on any atom is -0.406 e. The number of pyridine rings is 1. The molecule has 2 aromatic rings. The molecular weight excluding hydrogens is 273 g/mol. The molecule has 0 unspecified atom stereocenters. The van der Waals surface area contributed by atoms with Gasteiger partial charge in [0.2, 0.25) is 0 Å². The first-order valence-corrected chi connectivity index (χ1v) is 5.51. The molecule has 0 radical (unpaired) electrons. The first-order valence-electron chi connectivity index (χ1n) is 5.51.